The van der Waals surface area contributed by atoms with Gasteiger partial charge in [0.15, 0.2) is 0 Å². The molecule has 0 spiro atoms. The summed E-state index contributed by atoms with van der Waals surface area (Å²) in [4.78, 5) is 23.3. The molecular weight excluding hydrogens is 377 g/mol. The lowest BCUT2D eigenvalue weighted by Gasteiger charge is -2.09. The fraction of sp³-hybridized carbons (Fsp3) is 0.125. The summed E-state index contributed by atoms with van der Waals surface area (Å²) in [6.07, 6.45) is 0. The Morgan fingerprint density at radius 1 is 1.33 bits per heavy atom. The largest absolute Gasteiger partial charge is 0.457 e. The summed E-state index contributed by atoms with van der Waals surface area (Å²) in [6.45, 7) is -0.302. The molecule has 1 aromatic heterocycles. The molecule has 9 nitrogen and oxygen atoms in total. The van der Waals surface area contributed by atoms with E-state index in [0.29, 0.717) is 10.1 Å². The maximum atomic E-state index is 13.7. The normalized spacial score (nSPS) is 10.6. The number of aryl methyl sites for hydroxylation is 1. The highest BCUT2D eigenvalue weighted by molar-refractivity contribution is 7.99. The molecule has 0 unspecified atom stereocenters. The molecule has 0 radical (unpaired) electrons. The number of esters is 1. The number of carbonyl (C=O) groups excluding carboxylic acids is 1. The number of ether oxygens (including phenoxy) is 1. The first-order valence-corrected chi connectivity index (χ1v) is 8.36. The molecule has 1 heterocycles. The van der Waals surface area contributed by atoms with Crippen LogP contribution in [0.1, 0.15) is 15.9 Å². The summed E-state index contributed by atoms with van der Waals surface area (Å²) in [7, 11) is 1.61. The van der Waals surface area contributed by atoms with Crippen molar-refractivity contribution in [2.75, 3.05) is 0 Å². The van der Waals surface area contributed by atoms with E-state index in [-0.39, 0.29) is 23.4 Å². The van der Waals surface area contributed by atoms with Gasteiger partial charge in [-0.25, -0.2) is 13.9 Å². The number of halogens is 1. The van der Waals surface area contributed by atoms with Crippen molar-refractivity contribution in [3.63, 3.8) is 0 Å². The number of nitro benzene ring substituents is 1. The van der Waals surface area contributed by atoms with Gasteiger partial charge in [-0.2, -0.15) is 0 Å². The first-order chi connectivity index (χ1) is 13.0. The lowest BCUT2D eigenvalue weighted by atomic mass is 10.2. The minimum absolute atomic E-state index is 0.0338. The van der Waals surface area contributed by atoms with Crippen LogP contribution in [-0.4, -0.2) is 31.1 Å². The third-order valence-corrected chi connectivity index (χ3v) is 4.60. The van der Waals surface area contributed by atoms with Crippen LogP contribution in [0.2, 0.25) is 0 Å². The molecule has 3 aromatic rings. The van der Waals surface area contributed by atoms with Gasteiger partial charge in [-0.1, -0.05) is 18.2 Å². The topological polar surface area (TPSA) is 113 Å². The summed E-state index contributed by atoms with van der Waals surface area (Å²) < 4.78 is 20.2. The number of hydrogen-bond donors (Lipinski definition) is 0. The van der Waals surface area contributed by atoms with Crippen molar-refractivity contribution in [1.82, 2.24) is 20.2 Å². The van der Waals surface area contributed by atoms with Gasteiger partial charge in [-0.3, -0.25) is 10.1 Å². The molecule has 27 heavy (non-hydrogen) atoms. The molecule has 0 atom stereocenters. The van der Waals surface area contributed by atoms with Crippen LogP contribution in [0.4, 0.5) is 10.1 Å². The lowest BCUT2D eigenvalue weighted by Crippen LogP contribution is -2.08. The van der Waals surface area contributed by atoms with E-state index in [4.69, 9.17) is 4.74 Å². The summed E-state index contributed by atoms with van der Waals surface area (Å²) in [5, 5.41) is 22.4. The lowest BCUT2D eigenvalue weighted by molar-refractivity contribution is -0.384. The number of hydrogen-bond acceptors (Lipinski definition) is 8. The Kier molecular flexibility index (Phi) is 5.41. The van der Waals surface area contributed by atoms with E-state index in [0.717, 1.165) is 17.8 Å². The average Bonchev–Trinajstić information content (AvgIpc) is 3.05. The van der Waals surface area contributed by atoms with Crippen LogP contribution in [0, 0.1) is 15.9 Å². The van der Waals surface area contributed by atoms with Crippen LogP contribution < -0.4 is 0 Å². The van der Waals surface area contributed by atoms with Crippen molar-refractivity contribution in [1.29, 1.82) is 0 Å². The number of nitrogens with zero attached hydrogens (tertiary/aromatic N) is 5. The highest BCUT2D eigenvalue weighted by Crippen LogP contribution is 2.31. The van der Waals surface area contributed by atoms with E-state index in [1.807, 2.05) is 0 Å². The van der Waals surface area contributed by atoms with Crippen LogP contribution >= 0.6 is 11.8 Å². The molecule has 0 amide bonds. The standard InChI is InChI=1S/C16H12FN5O4S/c1-21-16(18-19-20-21)27-14-7-6-11(22(24)25)8-12(14)15(23)26-9-10-4-2-3-5-13(10)17/h2-8H,9H2,1H3. The van der Waals surface area contributed by atoms with E-state index >= 15 is 0 Å². The summed E-state index contributed by atoms with van der Waals surface area (Å²) in [6, 6.07) is 9.65. The van der Waals surface area contributed by atoms with Crippen molar-refractivity contribution in [3.8, 4) is 0 Å². The zero-order chi connectivity index (χ0) is 19.4. The van der Waals surface area contributed by atoms with Crippen molar-refractivity contribution in [3.05, 3.63) is 69.5 Å². The van der Waals surface area contributed by atoms with E-state index < -0.39 is 16.7 Å². The number of rotatable bonds is 6. The number of aromatic nitrogens is 4. The number of tetrazole rings is 1. The molecular formula is C16H12FN5O4S. The van der Waals surface area contributed by atoms with Gasteiger partial charge in [0, 0.05) is 29.6 Å². The molecule has 0 N–H and O–H groups in total. The molecule has 138 valence electrons. The zero-order valence-electron chi connectivity index (χ0n) is 13.9. The Bertz CT molecular complexity index is 1010. The SMILES string of the molecule is Cn1nnnc1Sc1ccc([N+](=O)[O-])cc1C(=O)OCc1ccccc1F. The second-order valence-corrected chi connectivity index (χ2v) is 6.30. The average molecular weight is 389 g/mol. The molecule has 0 fully saturated rings. The van der Waals surface area contributed by atoms with Gasteiger partial charge < -0.3 is 4.74 Å². The Balaban J connectivity index is 1.87. The second-order valence-electron chi connectivity index (χ2n) is 5.29. The molecule has 2 aromatic carbocycles. The third-order valence-electron chi connectivity index (χ3n) is 3.49. The predicted octanol–water partition coefficient (Wildman–Crippen LogP) is 2.77. The smallest absolute Gasteiger partial charge is 0.339 e. The number of nitro groups is 1. The molecule has 0 bridgehead atoms. The zero-order valence-corrected chi connectivity index (χ0v) is 14.7. The minimum Gasteiger partial charge on any atom is -0.457 e. The van der Waals surface area contributed by atoms with Crippen molar-refractivity contribution >= 4 is 23.4 Å². The van der Waals surface area contributed by atoms with E-state index in [1.165, 1.54) is 35.0 Å². The maximum Gasteiger partial charge on any atom is 0.339 e. The van der Waals surface area contributed by atoms with Gasteiger partial charge in [0.25, 0.3) is 5.69 Å². The summed E-state index contributed by atoms with van der Waals surface area (Å²) in [5.74, 6) is -1.33. The van der Waals surface area contributed by atoms with Gasteiger partial charge in [0.1, 0.15) is 12.4 Å². The molecule has 0 aliphatic rings. The Hall–Kier alpha value is -3.34. The number of non-ortho nitro benzene ring substituents is 1. The molecule has 11 heteroatoms. The van der Waals surface area contributed by atoms with Gasteiger partial charge in [-0.05, 0) is 34.3 Å². The Morgan fingerprint density at radius 2 is 2.11 bits per heavy atom. The molecule has 0 aliphatic heterocycles. The van der Waals surface area contributed by atoms with Crippen LogP contribution in [0.5, 0.6) is 0 Å². The van der Waals surface area contributed by atoms with Crippen LogP contribution in [0.3, 0.4) is 0 Å². The first-order valence-electron chi connectivity index (χ1n) is 7.55. The monoisotopic (exact) mass is 389 g/mol. The number of carbonyl (C=O) groups is 1. The van der Waals surface area contributed by atoms with Crippen LogP contribution in [0.15, 0.2) is 52.5 Å². The maximum absolute atomic E-state index is 13.7. The Morgan fingerprint density at radius 3 is 2.78 bits per heavy atom. The molecule has 3 rings (SSSR count). The molecule has 0 aliphatic carbocycles. The van der Waals surface area contributed by atoms with Gasteiger partial charge in [0.05, 0.1) is 10.5 Å². The summed E-state index contributed by atoms with van der Waals surface area (Å²) >= 11 is 1.05. The second kappa shape index (κ2) is 7.91. The van der Waals surface area contributed by atoms with E-state index in [9.17, 15) is 19.3 Å². The highest BCUT2D eigenvalue weighted by atomic mass is 32.2. The molecule has 0 saturated carbocycles. The third kappa shape index (κ3) is 4.26. The van der Waals surface area contributed by atoms with Crippen LogP contribution in [-0.2, 0) is 18.4 Å². The fourth-order valence-electron chi connectivity index (χ4n) is 2.12. The summed E-state index contributed by atoms with van der Waals surface area (Å²) in [5.41, 5.74) is -0.107. The van der Waals surface area contributed by atoms with Crippen molar-refractivity contribution in [2.45, 2.75) is 16.7 Å². The van der Waals surface area contributed by atoms with Crippen molar-refractivity contribution < 1.29 is 18.8 Å². The minimum atomic E-state index is -0.820. The van der Waals surface area contributed by atoms with Crippen LogP contribution in [0.25, 0.3) is 0 Å². The van der Waals surface area contributed by atoms with Gasteiger partial charge in [0.2, 0.25) is 5.16 Å². The van der Waals surface area contributed by atoms with E-state index in [1.54, 1.807) is 13.1 Å². The Labute approximate surface area is 156 Å². The van der Waals surface area contributed by atoms with Crippen molar-refractivity contribution in [2.24, 2.45) is 7.05 Å². The first kappa shape index (κ1) is 18.5. The number of benzene rings is 2. The predicted molar refractivity (Wildman–Crippen MR) is 91.5 cm³/mol. The molecule has 0 saturated heterocycles. The van der Waals surface area contributed by atoms with Gasteiger partial charge >= 0.3 is 5.97 Å². The highest BCUT2D eigenvalue weighted by Gasteiger charge is 2.20. The van der Waals surface area contributed by atoms with Gasteiger partial charge in [-0.15, -0.1) is 5.10 Å². The quantitative estimate of drug-likeness (QED) is 0.359. The fourth-order valence-corrected chi connectivity index (χ4v) is 2.95. The van der Waals surface area contributed by atoms with E-state index in [2.05, 4.69) is 15.5 Å².